The van der Waals surface area contributed by atoms with Crippen molar-refractivity contribution in [2.75, 3.05) is 32.4 Å². The molecule has 114 valence electrons. The summed E-state index contributed by atoms with van der Waals surface area (Å²) >= 11 is 0. The lowest BCUT2D eigenvalue weighted by atomic mass is 10.2. The summed E-state index contributed by atoms with van der Waals surface area (Å²) in [4.78, 5) is 2.48. The fourth-order valence-electron chi connectivity index (χ4n) is 2.77. The number of likely N-dealkylation sites (N-methyl/N-ethyl adjacent to an activating group) is 1. The molecule has 6 heteroatoms. The number of hydrogen-bond donors (Lipinski definition) is 1. The molecule has 5 nitrogen and oxygen atoms in total. The van der Waals surface area contributed by atoms with E-state index in [4.69, 9.17) is 5.26 Å². The smallest absolute Gasteiger partial charge is 0.179 e. The van der Waals surface area contributed by atoms with Gasteiger partial charge in [0.25, 0.3) is 0 Å². The predicted octanol–water partition coefficient (Wildman–Crippen LogP) is 1.02. The quantitative estimate of drug-likeness (QED) is 0.849. The van der Waals surface area contributed by atoms with Crippen molar-refractivity contribution in [3.8, 4) is 6.07 Å². The Morgan fingerprint density at radius 1 is 1.48 bits per heavy atom. The number of benzene rings is 1. The molecule has 0 radical (unpaired) electrons. The molecule has 1 unspecified atom stereocenters. The molecule has 0 saturated carbocycles. The molecule has 21 heavy (non-hydrogen) atoms. The van der Waals surface area contributed by atoms with E-state index in [1.807, 2.05) is 13.1 Å². The fraction of sp³-hybridized carbons (Fsp3) is 0.533. The van der Waals surface area contributed by atoms with Crippen LogP contribution in [-0.2, 0) is 9.84 Å². The third kappa shape index (κ3) is 4.03. The van der Waals surface area contributed by atoms with Gasteiger partial charge in [-0.25, -0.2) is 8.42 Å². The summed E-state index contributed by atoms with van der Waals surface area (Å²) in [5, 5.41) is 12.0. The number of nitriles is 1. The van der Waals surface area contributed by atoms with Gasteiger partial charge in [-0.2, -0.15) is 5.26 Å². The maximum absolute atomic E-state index is 12.4. The van der Waals surface area contributed by atoms with Crippen LogP contribution >= 0.6 is 0 Å². The zero-order chi connectivity index (χ0) is 15.3. The van der Waals surface area contributed by atoms with Crippen molar-refractivity contribution in [1.29, 1.82) is 5.26 Å². The Labute approximate surface area is 126 Å². The lowest BCUT2D eigenvalue weighted by Gasteiger charge is -2.24. The van der Waals surface area contributed by atoms with Crippen LogP contribution in [-0.4, -0.2) is 51.8 Å². The Morgan fingerprint density at radius 3 is 3.00 bits per heavy atom. The van der Waals surface area contributed by atoms with Gasteiger partial charge < -0.3 is 5.32 Å². The van der Waals surface area contributed by atoms with Gasteiger partial charge in [-0.3, -0.25) is 4.90 Å². The van der Waals surface area contributed by atoms with Crippen molar-refractivity contribution < 1.29 is 8.42 Å². The van der Waals surface area contributed by atoms with Gasteiger partial charge in [-0.15, -0.1) is 0 Å². The highest BCUT2D eigenvalue weighted by Crippen LogP contribution is 2.18. The van der Waals surface area contributed by atoms with Gasteiger partial charge >= 0.3 is 0 Å². The molecule has 0 aromatic heterocycles. The number of nitrogens with zero attached hydrogens (tertiary/aromatic N) is 2. The van der Waals surface area contributed by atoms with E-state index >= 15 is 0 Å². The lowest BCUT2D eigenvalue weighted by Crippen LogP contribution is -2.39. The third-order valence-electron chi connectivity index (χ3n) is 3.91. The Balaban J connectivity index is 2.02. The van der Waals surface area contributed by atoms with Crippen LogP contribution in [0.2, 0.25) is 0 Å². The van der Waals surface area contributed by atoms with Crippen molar-refractivity contribution in [3.05, 3.63) is 29.8 Å². The minimum Gasteiger partial charge on any atom is -0.318 e. The monoisotopic (exact) mass is 307 g/mol. The van der Waals surface area contributed by atoms with Gasteiger partial charge in [0.15, 0.2) is 9.84 Å². The fourth-order valence-corrected chi connectivity index (χ4v) is 4.07. The summed E-state index contributed by atoms with van der Waals surface area (Å²) < 4.78 is 24.7. The van der Waals surface area contributed by atoms with E-state index in [9.17, 15) is 8.42 Å². The van der Waals surface area contributed by atoms with E-state index in [1.165, 1.54) is 6.07 Å². The van der Waals surface area contributed by atoms with Crippen molar-refractivity contribution in [1.82, 2.24) is 10.2 Å². The first-order valence-corrected chi connectivity index (χ1v) is 8.83. The Hall–Kier alpha value is -1.42. The van der Waals surface area contributed by atoms with Crippen LogP contribution in [0.3, 0.4) is 0 Å². The van der Waals surface area contributed by atoms with Crippen molar-refractivity contribution in [3.63, 3.8) is 0 Å². The molecule has 1 atom stereocenters. The topological polar surface area (TPSA) is 73.2 Å². The summed E-state index contributed by atoms with van der Waals surface area (Å²) in [6.07, 6.45) is 2.24. The number of sulfone groups is 1. The van der Waals surface area contributed by atoms with Crippen molar-refractivity contribution in [2.24, 2.45) is 0 Å². The van der Waals surface area contributed by atoms with Gasteiger partial charge in [0.05, 0.1) is 22.3 Å². The minimum atomic E-state index is -3.33. The van der Waals surface area contributed by atoms with E-state index < -0.39 is 9.84 Å². The number of rotatable bonds is 6. The summed E-state index contributed by atoms with van der Waals surface area (Å²) in [7, 11) is -1.41. The third-order valence-corrected chi connectivity index (χ3v) is 5.60. The van der Waals surface area contributed by atoms with Crippen LogP contribution in [0.15, 0.2) is 29.2 Å². The predicted molar refractivity (Wildman–Crippen MR) is 81.7 cm³/mol. The highest BCUT2D eigenvalue weighted by atomic mass is 32.2. The molecular weight excluding hydrogens is 286 g/mol. The molecule has 1 N–H and O–H groups in total. The van der Waals surface area contributed by atoms with E-state index in [0.29, 0.717) is 18.2 Å². The number of hydrogen-bond acceptors (Lipinski definition) is 5. The molecule has 1 aliphatic heterocycles. The molecule has 1 aromatic rings. The molecule has 0 bridgehead atoms. The van der Waals surface area contributed by atoms with Crippen molar-refractivity contribution >= 4 is 9.84 Å². The molecule has 0 aliphatic carbocycles. The molecular formula is C15H21N3O2S. The van der Waals surface area contributed by atoms with Gasteiger partial charge in [0.2, 0.25) is 0 Å². The van der Waals surface area contributed by atoms with E-state index in [0.717, 1.165) is 25.9 Å². The molecule has 0 spiro atoms. The molecule has 1 heterocycles. The number of likely N-dealkylation sites (tertiary alicyclic amines) is 1. The first-order valence-electron chi connectivity index (χ1n) is 7.18. The summed E-state index contributed by atoms with van der Waals surface area (Å²) in [6.45, 7) is 2.40. The number of nitrogens with one attached hydrogen (secondary N) is 1. The first-order chi connectivity index (χ1) is 10.1. The minimum absolute atomic E-state index is 0.0993. The molecule has 1 aliphatic rings. The molecule has 2 rings (SSSR count). The van der Waals surface area contributed by atoms with Gasteiger partial charge in [0.1, 0.15) is 0 Å². The highest BCUT2D eigenvalue weighted by Gasteiger charge is 2.25. The molecule has 1 fully saturated rings. The lowest BCUT2D eigenvalue weighted by molar-refractivity contribution is 0.264. The van der Waals surface area contributed by atoms with E-state index in [2.05, 4.69) is 10.2 Å². The molecule has 1 aromatic carbocycles. The van der Waals surface area contributed by atoms with Crippen LogP contribution in [0.25, 0.3) is 0 Å². The van der Waals surface area contributed by atoms with Gasteiger partial charge in [-0.1, -0.05) is 6.07 Å². The SMILES string of the molecule is CNCC1CCCN1CCS(=O)(=O)c1cccc(C#N)c1. The molecule has 0 amide bonds. The van der Waals surface area contributed by atoms with Crippen LogP contribution in [0.4, 0.5) is 0 Å². The van der Waals surface area contributed by atoms with Crippen LogP contribution in [0, 0.1) is 11.3 Å². The van der Waals surface area contributed by atoms with Gasteiger partial charge in [-0.05, 0) is 44.6 Å². The summed E-state index contributed by atoms with van der Waals surface area (Å²) in [5.74, 6) is 0.0993. The largest absolute Gasteiger partial charge is 0.318 e. The standard InChI is InChI=1S/C15H21N3O2S/c1-17-12-14-5-3-7-18(14)8-9-21(19,20)15-6-2-4-13(10-15)11-16/h2,4,6,10,14,17H,3,5,7-9,12H2,1H3. The zero-order valence-electron chi connectivity index (χ0n) is 12.2. The highest BCUT2D eigenvalue weighted by molar-refractivity contribution is 7.91. The van der Waals surface area contributed by atoms with E-state index in [-0.39, 0.29) is 10.6 Å². The second-order valence-corrected chi connectivity index (χ2v) is 7.46. The van der Waals surface area contributed by atoms with Crippen LogP contribution in [0.5, 0.6) is 0 Å². The summed E-state index contributed by atoms with van der Waals surface area (Å²) in [5.41, 5.74) is 0.380. The molecule has 1 saturated heterocycles. The van der Waals surface area contributed by atoms with Crippen molar-refractivity contribution in [2.45, 2.75) is 23.8 Å². The van der Waals surface area contributed by atoms with Crippen LogP contribution < -0.4 is 5.32 Å². The Kier molecular flexibility index (Phi) is 5.34. The van der Waals surface area contributed by atoms with E-state index in [1.54, 1.807) is 18.2 Å². The first kappa shape index (κ1) is 16.0. The van der Waals surface area contributed by atoms with Crippen LogP contribution in [0.1, 0.15) is 18.4 Å². The van der Waals surface area contributed by atoms with Gasteiger partial charge in [0, 0.05) is 19.1 Å². The maximum Gasteiger partial charge on any atom is 0.179 e. The maximum atomic E-state index is 12.4. The summed E-state index contributed by atoms with van der Waals surface area (Å²) in [6, 6.07) is 8.64. The second kappa shape index (κ2) is 7.03. The average molecular weight is 307 g/mol. The Morgan fingerprint density at radius 2 is 2.29 bits per heavy atom. The second-order valence-electron chi connectivity index (χ2n) is 5.35. The normalized spacial score (nSPS) is 19.5. The average Bonchev–Trinajstić information content (AvgIpc) is 2.93. The zero-order valence-corrected chi connectivity index (χ0v) is 13.1. The Bertz CT molecular complexity index is 622.